The maximum Gasteiger partial charge on any atom is 0.0697 e. The highest BCUT2D eigenvalue weighted by atomic mass is 31.2. The van der Waals surface area contributed by atoms with Crippen molar-refractivity contribution >= 4 is 7.26 Å². The summed E-state index contributed by atoms with van der Waals surface area (Å²) in [5.74, 6) is 0. The first-order valence-corrected chi connectivity index (χ1v) is 8.56. The Morgan fingerprint density at radius 2 is 1.29 bits per heavy atom. The van der Waals surface area contributed by atoms with Crippen LogP contribution in [0.25, 0.3) is 0 Å². The molecule has 0 aromatic rings. The third-order valence-electron chi connectivity index (χ3n) is 4.24. The molecule has 0 aromatic carbocycles. The molecule has 14 heavy (non-hydrogen) atoms. The molecule has 0 atom stereocenters. The van der Waals surface area contributed by atoms with Crippen LogP contribution in [0.2, 0.25) is 0 Å². The number of rotatable bonds is 4. The summed E-state index contributed by atoms with van der Waals surface area (Å²) in [6.07, 6.45) is 12.2. The molecule has 1 saturated carbocycles. The van der Waals surface area contributed by atoms with Gasteiger partial charge in [0.2, 0.25) is 0 Å². The summed E-state index contributed by atoms with van der Waals surface area (Å²) in [6.45, 7) is 7.32. The average molecular weight is 220 g/mol. The molecule has 0 aliphatic heterocycles. The van der Waals surface area contributed by atoms with Gasteiger partial charge >= 0.3 is 0 Å². The molecule has 0 aromatic heterocycles. The number of hydrogen-bond acceptors (Lipinski definition) is 0. The largest absolute Gasteiger partial charge is 1.00 e. The predicted octanol–water partition coefficient (Wildman–Crippen LogP) is 1.40. The molecular weight excluding hydrogens is 194 g/mol. The molecular formula is C12H26FP. The lowest BCUT2D eigenvalue weighted by atomic mass is 10.0. The second kappa shape index (κ2) is 6.77. The van der Waals surface area contributed by atoms with Crippen LogP contribution in [-0.4, -0.2) is 24.1 Å². The smallest absolute Gasteiger partial charge is 0.0697 e. The minimum atomic E-state index is -0.514. The van der Waals surface area contributed by atoms with Gasteiger partial charge in [0.25, 0.3) is 0 Å². The molecule has 0 N–H and O–H groups in total. The van der Waals surface area contributed by atoms with Gasteiger partial charge in [0.05, 0.1) is 24.1 Å². The van der Waals surface area contributed by atoms with Crippen LogP contribution in [0, 0.1) is 0 Å². The molecule has 0 nitrogen and oxygen atoms in total. The minimum Gasteiger partial charge on any atom is -1.00 e. The standard InChI is InChI=1S/C12H26P.FH/c1-4-13(5-2,6-3)12-10-8-7-9-11-12;/h12H,4-11H2,1-3H3;1H/q+1;/p-1. The van der Waals surface area contributed by atoms with E-state index in [9.17, 15) is 0 Å². The van der Waals surface area contributed by atoms with E-state index in [-0.39, 0.29) is 4.70 Å². The number of hydrogen-bond donors (Lipinski definition) is 0. The Labute approximate surface area is 89.6 Å². The lowest BCUT2D eigenvalue weighted by molar-refractivity contribution is -0.00000297. The summed E-state index contributed by atoms with van der Waals surface area (Å²) >= 11 is 0. The van der Waals surface area contributed by atoms with Crippen molar-refractivity contribution in [1.29, 1.82) is 0 Å². The van der Waals surface area contributed by atoms with Gasteiger partial charge in [0.15, 0.2) is 0 Å². The average Bonchev–Trinajstić information content (AvgIpc) is 2.23. The topological polar surface area (TPSA) is 0 Å². The summed E-state index contributed by atoms with van der Waals surface area (Å²) in [7, 11) is -0.514. The van der Waals surface area contributed by atoms with Crippen LogP contribution in [-0.2, 0) is 0 Å². The first-order chi connectivity index (χ1) is 6.29. The van der Waals surface area contributed by atoms with Gasteiger partial charge < -0.3 is 4.70 Å². The van der Waals surface area contributed by atoms with Crippen LogP contribution in [0.5, 0.6) is 0 Å². The third kappa shape index (κ3) is 2.92. The van der Waals surface area contributed by atoms with Gasteiger partial charge in [-0.1, -0.05) is 6.42 Å². The van der Waals surface area contributed by atoms with E-state index >= 15 is 0 Å². The van der Waals surface area contributed by atoms with Crippen molar-refractivity contribution in [2.75, 3.05) is 18.5 Å². The number of halogens is 1. The molecule has 0 spiro atoms. The Balaban J connectivity index is 0.00000169. The van der Waals surface area contributed by atoms with Gasteiger partial charge in [0.1, 0.15) is 0 Å². The fraction of sp³-hybridized carbons (Fsp3) is 1.00. The van der Waals surface area contributed by atoms with Crippen molar-refractivity contribution < 1.29 is 4.70 Å². The van der Waals surface area contributed by atoms with Crippen LogP contribution in [0.3, 0.4) is 0 Å². The maximum absolute atomic E-state index is 2.44. The quantitative estimate of drug-likeness (QED) is 0.628. The molecule has 1 fully saturated rings. The van der Waals surface area contributed by atoms with Crippen molar-refractivity contribution in [3.05, 3.63) is 0 Å². The van der Waals surface area contributed by atoms with E-state index in [0.717, 1.165) is 5.66 Å². The van der Waals surface area contributed by atoms with Crippen LogP contribution in [0.15, 0.2) is 0 Å². The minimum absolute atomic E-state index is 0. The van der Waals surface area contributed by atoms with Crippen molar-refractivity contribution in [2.24, 2.45) is 0 Å². The molecule has 0 amide bonds. The van der Waals surface area contributed by atoms with Gasteiger partial charge in [0, 0.05) is 7.26 Å². The molecule has 0 heterocycles. The van der Waals surface area contributed by atoms with E-state index in [1.807, 2.05) is 0 Å². The van der Waals surface area contributed by atoms with Gasteiger partial charge in [-0.25, -0.2) is 0 Å². The van der Waals surface area contributed by atoms with E-state index < -0.39 is 7.26 Å². The third-order valence-corrected chi connectivity index (χ3v) is 10.1. The Morgan fingerprint density at radius 3 is 1.64 bits per heavy atom. The summed E-state index contributed by atoms with van der Waals surface area (Å²) in [4.78, 5) is 0. The van der Waals surface area contributed by atoms with E-state index in [1.165, 1.54) is 37.7 Å². The van der Waals surface area contributed by atoms with Gasteiger partial charge in [-0.15, -0.1) is 0 Å². The second-order valence-corrected chi connectivity index (χ2v) is 9.52. The highest BCUT2D eigenvalue weighted by Crippen LogP contribution is 2.65. The second-order valence-electron chi connectivity index (χ2n) is 4.46. The highest BCUT2D eigenvalue weighted by molar-refractivity contribution is 7.76. The summed E-state index contributed by atoms with van der Waals surface area (Å²) in [5.41, 5.74) is 1.15. The monoisotopic (exact) mass is 220 g/mol. The summed E-state index contributed by atoms with van der Waals surface area (Å²) in [6, 6.07) is 0. The molecule has 1 aliphatic rings. The van der Waals surface area contributed by atoms with E-state index in [2.05, 4.69) is 20.8 Å². The molecule has 0 radical (unpaired) electrons. The van der Waals surface area contributed by atoms with Crippen LogP contribution < -0.4 is 4.70 Å². The van der Waals surface area contributed by atoms with Crippen molar-refractivity contribution in [3.63, 3.8) is 0 Å². The molecule has 0 unspecified atom stereocenters. The Hall–Kier alpha value is 0.360. The first kappa shape index (κ1) is 14.4. The zero-order valence-electron chi connectivity index (χ0n) is 10.1. The normalized spacial score (nSPS) is 19.1. The zero-order chi connectivity index (χ0) is 9.73. The van der Waals surface area contributed by atoms with Crippen molar-refractivity contribution in [2.45, 2.75) is 58.5 Å². The zero-order valence-corrected chi connectivity index (χ0v) is 11.0. The molecule has 0 saturated heterocycles. The molecule has 86 valence electrons. The van der Waals surface area contributed by atoms with Crippen LogP contribution in [0.4, 0.5) is 0 Å². The van der Waals surface area contributed by atoms with E-state index in [4.69, 9.17) is 0 Å². The lowest BCUT2D eigenvalue weighted by Gasteiger charge is -2.35. The molecule has 1 rings (SSSR count). The molecule has 1 aliphatic carbocycles. The fourth-order valence-corrected chi connectivity index (χ4v) is 7.43. The summed E-state index contributed by atoms with van der Waals surface area (Å²) < 4.78 is 0. The first-order valence-electron chi connectivity index (χ1n) is 6.14. The molecule has 0 bridgehead atoms. The van der Waals surface area contributed by atoms with E-state index in [0.29, 0.717) is 0 Å². The van der Waals surface area contributed by atoms with Crippen LogP contribution >= 0.6 is 7.26 Å². The lowest BCUT2D eigenvalue weighted by Crippen LogP contribution is -3.00. The van der Waals surface area contributed by atoms with Gasteiger partial charge in [-0.05, 0) is 46.5 Å². The maximum atomic E-state index is 2.44. The Morgan fingerprint density at radius 1 is 0.857 bits per heavy atom. The molecule has 2 heteroatoms. The van der Waals surface area contributed by atoms with Crippen molar-refractivity contribution in [1.82, 2.24) is 0 Å². The van der Waals surface area contributed by atoms with Crippen molar-refractivity contribution in [3.8, 4) is 0 Å². The summed E-state index contributed by atoms with van der Waals surface area (Å²) in [5, 5.41) is 0. The SMILES string of the molecule is CC[P+](CC)(CC)C1CCCCC1.[F-]. The van der Waals surface area contributed by atoms with Gasteiger partial charge in [-0.3, -0.25) is 0 Å². The Bertz CT molecular complexity index is 129. The predicted molar refractivity (Wildman–Crippen MR) is 65.4 cm³/mol. The van der Waals surface area contributed by atoms with E-state index in [1.54, 1.807) is 12.8 Å². The Kier molecular flexibility index (Phi) is 6.95. The fourth-order valence-electron chi connectivity index (χ4n) is 3.07. The van der Waals surface area contributed by atoms with Crippen LogP contribution in [0.1, 0.15) is 52.9 Å². The highest BCUT2D eigenvalue weighted by Gasteiger charge is 2.40. The van der Waals surface area contributed by atoms with Gasteiger partial charge in [-0.2, -0.15) is 0 Å².